The Hall–Kier alpha value is -1.14. The summed E-state index contributed by atoms with van der Waals surface area (Å²) < 4.78 is 11.7. The molecule has 0 aromatic carbocycles. The second kappa shape index (κ2) is 44.0. The molecule has 0 fully saturated rings. The Morgan fingerprint density at radius 3 is 1.36 bits per heavy atom. The molecule has 0 amide bonds. The largest absolute Gasteiger partial charge is 0.466 e. The first-order valence-electron chi connectivity index (χ1n) is 24.7. The molecular formula is C49H97NO5. The molecule has 0 radical (unpaired) electrons. The molecule has 0 aromatic rings. The molecule has 0 aliphatic heterocycles. The fourth-order valence-electron chi connectivity index (χ4n) is 7.88. The van der Waals surface area contributed by atoms with Crippen LogP contribution in [0.25, 0.3) is 0 Å². The summed E-state index contributed by atoms with van der Waals surface area (Å²) in [5.74, 6) is 0.724. The van der Waals surface area contributed by atoms with Gasteiger partial charge >= 0.3 is 11.9 Å². The number of rotatable bonds is 45. The average molecular weight is 780 g/mol. The van der Waals surface area contributed by atoms with E-state index in [-0.39, 0.29) is 24.6 Å². The van der Waals surface area contributed by atoms with Crippen LogP contribution in [0.2, 0.25) is 0 Å². The molecule has 0 aromatic heterocycles. The molecule has 0 saturated heterocycles. The number of carbonyl (C=O) groups is 2. The second-order valence-electron chi connectivity index (χ2n) is 17.0. The minimum Gasteiger partial charge on any atom is -0.466 e. The van der Waals surface area contributed by atoms with Gasteiger partial charge in [-0.3, -0.25) is 9.59 Å². The summed E-state index contributed by atoms with van der Waals surface area (Å²) in [6, 6.07) is 0. The molecule has 1 atom stereocenters. The van der Waals surface area contributed by atoms with Crippen LogP contribution < -0.4 is 0 Å². The Labute approximate surface area is 343 Å². The summed E-state index contributed by atoms with van der Waals surface area (Å²) >= 11 is 0. The lowest BCUT2D eigenvalue weighted by Gasteiger charge is -2.22. The van der Waals surface area contributed by atoms with Crippen LogP contribution in [0.3, 0.4) is 0 Å². The number of hydrogen-bond acceptors (Lipinski definition) is 6. The fourth-order valence-corrected chi connectivity index (χ4v) is 7.88. The molecule has 0 spiro atoms. The third kappa shape index (κ3) is 39.5. The third-order valence-electron chi connectivity index (χ3n) is 11.6. The molecule has 0 aliphatic carbocycles. The standard InChI is InChI=1S/C49H97NO5/c1-5-9-13-15-19-26-36-47(37-27-20-16-14-10-6-2)55-49(53)39-29-22-18-24-31-42-50(43-32-33-44-51)41-30-23-17-21-28-38-48(52)54-45-40-46(34-12-8-4)35-25-11-7-3/h46-47,51H,5-45H2,1-4H3. The van der Waals surface area contributed by atoms with Crippen LogP contribution >= 0.6 is 0 Å². The Morgan fingerprint density at radius 1 is 0.436 bits per heavy atom. The summed E-state index contributed by atoms with van der Waals surface area (Å²) in [4.78, 5) is 27.7. The summed E-state index contributed by atoms with van der Waals surface area (Å²) in [5.41, 5.74) is 0. The van der Waals surface area contributed by atoms with Crippen molar-refractivity contribution in [2.75, 3.05) is 32.8 Å². The van der Waals surface area contributed by atoms with Gasteiger partial charge in [-0.2, -0.15) is 0 Å². The number of esters is 2. The average Bonchev–Trinajstić information content (AvgIpc) is 3.18. The maximum atomic E-state index is 12.8. The number of unbranched alkanes of at least 4 members (excludes halogenated alkanes) is 22. The maximum absolute atomic E-state index is 12.8. The van der Waals surface area contributed by atoms with Crippen LogP contribution in [-0.2, 0) is 19.1 Å². The predicted molar refractivity (Wildman–Crippen MR) is 237 cm³/mol. The zero-order valence-electron chi connectivity index (χ0n) is 37.7. The van der Waals surface area contributed by atoms with Crippen molar-refractivity contribution in [3.05, 3.63) is 0 Å². The lowest BCUT2D eigenvalue weighted by molar-refractivity contribution is -0.150. The van der Waals surface area contributed by atoms with Gasteiger partial charge in [0.15, 0.2) is 0 Å². The van der Waals surface area contributed by atoms with Gasteiger partial charge in [0.1, 0.15) is 6.10 Å². The Kier molecular flexibility index (Phi) is 43.1. The molecular weight excluding hydrogens is 683 g/mol. The van der Waals surface area contributed by atoms with Gasteiger partial charge in [0.05, 0.1) is 6.61 Å². The first kappa shape index (κ1) is 53.9. The monoisotopic (exact) mass is 780 g/mol. The van der Waals surface area contributed by atoms with Crippen molar-refractivity contribution in [1.29, 1.82) is 0 Å². The highest BCUT2D eigenvalue weighted by atomic mass is 16.5. The highest BCUT2D eigenvalue weighted by molar-refractivity contribution is 5.69. The van der Waals surface area contributed by atoms with Gasteiger partial charge < -0.3 is 19.5 Å². The summed E-state index contributed by atoms with van der Waals surface area (Å²) in [5, 5.41) is 9.31. The van der Waals surface area contributed by atoms with E-state index < -0.39 is 0 Å². The van der Waals surface area contributed by atoms with E-state index in [1.807, 2.05) is 0 Å². The van der Waals surface area contributed by atoms with Gasteiger partial charge in [-0.1, -0.05) is 175 Å². The maximum Gasteiger partial charge on any atom is 0.306 e. The third-order valence-corrected chi connectivity index (χ3v) is 11.6. The molecule has 0 bridgehead atoms. The molecule has 0 aliphatic rings. The highest BCUT2D eigenvalue weighted by Gasteiger charge is 2.15. The summed E-state index contributed by atoms with van der Waals surface area (Å²) in [6.45, 7) is 13.2. The molecule has 55 heavy (non-hydrogen) atoms. The lowest BCUT2D eigenvalue weighted by Crippen LogP contribution is -2.27. The molecule has 0 heterocycles. The SMILES string of the molecule is CCCCCCCCC(CCCCCCCC)OC(=O)CCCCCCCN(CCCCO)CCCCCCCC(=O)OCCC(CCCC)CCCCC. The van der Waals surface area contributed by atoms with Crippen molar-refractivity contribution in [2.45, 2.75) is 265 Å². The van der Waals surface area contributed by atoms with Crippen molar-refractivity contribution in [3.63, 3.8) is 0 Å². The van der Waals surface area contributed by atoms with E-state index in [1.54, 1.807) is 0 Å². The van der Waals surface area contributed by atoms with E-state index in [4.69, 9.17) is 9.47 Å². The minimum absolute atomic E-state index is 0.0102. The first-order chi connectivity index (χ1) is 27.0. The van der Waals surface area contributed by atoms with Crippen molar-refractivity contribution in [2.24, 2.45) is 5.92 Å². The van der Waals surface area contributed by atoms with Crippen molar-refractivity contribution in [1.82, 2.24) is 4.90 Å². The number of carbonyl (C=O) groups excluding carboxylic acids is 2. The number of ether oxygens (including phenoxy) is 2. The number of nitrogens with zero attached hydrogens (tertiary/aromatic N) is 1. The summed E-state index contributed by atoms with van der Waals surface area (Å²) in [6.07, 6.45) is 41.9. The predicted octanol–water partition coefficient (Wildman–Crippen LogP) is 14.5. The Morgan fingerprint density at radius 2 is 0.836 bits per heavy atom. The van der Waals surface area contributed by atoms with Gasteiger partial charge in [0, 0.05) is 19.4 Å². The second-order valence-corrected chi connectivity index (χ2v) is 17.0. The van der Waals surface area contributed by atoms with E-state index in [0.29, 0.717) is 25.4 Å². The molecule has 328 valence electrons. The molecule has 6 heteroatoms. The molecule has 0 saturated carbocycles. The zero-order valence-corrected chi connectivity index (χ0v) is 37.7. The molecule has 1 unspecified atom stereocenters. The lowest BCUT2D eigenvalue weighted by atomic mass is 9.93. The van der Waals surface area contributed by atoms with E-state index in [2.05, 4.69) is 32.6 Å². The number of hydrogen-bond donors (Lipinski definition) is 1. The number of aliphatic hydroxyl groups is 1. The molecule has 6 nitrogen and oxygen atoms in total. The van der Waals surface area contributed by atoms with Crippen LogP contribution in [0.4, 0.5) is 0 Å². The van der Waals surface area contributed by atoms with Crippen LogP contribution in [0.15, 0.2) is 0 Å². The summed E-state index contributed by atoms with van der Waals surface area (Å²) in [7, 11) is 0. The van der Waals surface area contributed by atoms with Crippen LogP contribution in [0.5, 0.6) is 0 Å². The van der Waals surface area contributed by atoms with Gasteiger partial charge in [-0.05, 0) is 96.2 Å². The topological polar surface area (TPSA) is 76.1 Å². The molecule has 0 rings (SSSR count). The van der Waals surface area contributed by atoms with Gasteiger partial charge in [0.2, 0.25) is 0 Å². The van der Waals surface area contributed by atoms with Crippen molar-refractivity contribution >= 4 is 11.9 Å². The van der Waals surface area contributed by atoms with Crippen molar-refractivity contribution in [3.8, 4) is 0 Å². The van der Waals surface area contributed by atoms with Crippen LogP contribution in [-0.4, -0.2) is 60.9 Å². The van der Waals surface area contributed by atoms with Crippen molar-refractivity contribution < 1.29 is 24.2 Å². The van der Waals surface area contributed by atoms with E-state index in [1.165, 1.54) is 161 Å². The van der Waals surface area contributed by atoms with Crippen LogP contribution in [0.1, 0.15) is 259 Å². The van der Waals surface area contributed by atoms with E-state index in [0.717, 1.165) is 77.4 Å². The Balaban J connectivity index is 4.20. The Bertz CT molecular complexity index is 775. The highest BCUT2D eigenvalue weighted by Crippen LogP contribution is 2.21. The quantitative estimate of drug-likeness (QED) is 0.0490. The normalized spacial score (nSPS) is 12.2. The van der Waals surface area contributed by atoms with E-state index >= 15 is 0 Å². The molecule has 1 N–H and O–H groups in total. The minimum atomic E-state index is -0.0102. The zero-order chi connectivity index (χ0) is 40.3. The van der Waals surface area contributed by atoms with Gasteiger partial charge in [-0.25, -0.2) is 0 Å². The fraction of sp³-hybridized carbons (Fsp3) is 0.959. The van der Waals surface area contributed by atoms with Gasteiger partial charge in [0.25, 0.3) is 0 Å². The first-order valence-corrected chi connectivity index (χ1v) is 24.7. The van der Waals surface area contributed by atoms with E-state index in [9.17, 15) is 14.7 Å². The van der Waals surface area contributed by atoms with Crippen LogP contribution in [0, 0.1) is 5.92 Å². The number of aliphatic hydroxyl groups excluding tert-OH is 1. The smallest absolute Gasteiger partial charge is 0.306 e. The van der Waals surface area contributed by atoms with Gasteiger partial charge in [-0.15, -0.1) is 0 Å².